The number of aliphatic hydroxyl groups is 1. The molecule has 5 heteroatoms. The van der Waals surface area contributed by atoms with Crippen molar-refractivity contribution in [3.63, 3.8) is 0 Å². The van der Waals surface area contributed by atoms with Gasteiger partial charge in [0.25, 0.3) is 5.91 Å². The Morgan fingerprint density at radius 2 is 2.05 bits per heavy atom. The van der Waals surface area contributed by atoms with Crippen LogP contribution in [0.2, 0.25) is 0 Å². The van der Waals surface area contributed by atoms with Gasteiger partial charge in [-0.15, -0.1) is 0 Å². The van der Waals surface area contributed by atoms with Gasteiger partial charge < -0.3 is 15.1 Å². The molecule has 0 aromatic heterocycles. The minimum atomic E-state index is -1.05. The van der Waals surface area contributed by atoms with E-state index in [2.05, 4.69) is 0 Å². The number of aromatic carboxylic acids is 1. The van der Waals surface area contributed by atoms with Gasteiger partial charge in [0, 0.05) is 12.1 Å². The van der Waals surface area contributed by atoms with E-state index in [1.165, 1.54) is 12.1 Å². The molecule has 1 aromatic carbocycles. The monoisotopic (exact) mass is 263 g/mol. The Labute approximate surface area is 111 Å². The molecule has 0 bridgehead atoms. The standard InChI is InChI=1S/C14H17NO4/c1-9-5-6-15(12(9)8-16)13(17)10-3-2-4-11(7-10)14(18)19/h2-4,7,9,12,16H,5-6,8H2,1H3,(H,18,19). The van der Waals surface area contributed by atoms with E-state index in [0.717, 1.165) is 6.42 Å². The van der Waals surface area contributed by atoms with Crippen LogP contribution in [0.5, 0.6) is 0 Å². The minimum absolute atomic E-state index is 0.0640. The summed E-state index contributed by atoms with van der Waals surface area (Å²) >= 11 is 0. The topological polar surface area (TPSA) is 77.8 Å². The van der Waals surface area contributed by atoms with Crippen LogP contribution in [0.4, 0.5) is 0 Å². The molecule has 1 aliphatic heterocycles. The summed E-state index contributed by atoms with van der Waals surface area (Å²) in [7, 11) is 0. The second-order valence-corrected chi connectivity index (χ2v) is 4.90. The van der Waals surface area contributed by atoms with Crippen LogP contribution in [0.1, 0.15) is 34.1 Å². The second kappa shape index (κ2) is 5.40. The number of aliphatic hydroxyl groups excluding tert-OH is 1. The van der Waals surface area contributed by atoms with Gasteiger partial charge in [-0.3, -0.25) is 4.79 Å². The normalized spacial score (nSPS) is 22.5. The number of carbonyl (C=O) groups excluding carboxylic acids is 1. The van der Waals surface area contributed by atoms with Gasteiger partial charge >= 0.3 is 5.97 Å². The molecule has 1 aliphatic rings. The summed E-state index contributed by atoms with van der Waals surface area (Å²) in [6.07, 6.45) is 0.857. The third-order valence-electron chi connectivity index (χ3n) is 3.69. The maximum atomic E-state index is 12.4. The lowest BCUT2D eigenvalue weighted by molar-refractivity contribution is 0.0648. The van der Waals surface area contributed by atoms with E-state index in [9.17, 15) is 14.7 Å². The maximum absolute atomic E-state index is 12.4. The number of carbonyl (C=O) groups is 2. The lowest BCUT2D eigenvalue weighted by Crippen LogP contribution is -2.39. The molecule has 1 aromatic rings. The molecule has 0 spiro atoms. The molecule has 19 heavy (non-hydrogen) atoms. The van der Waals surface area contributed by atoms with Crippen molar-refractivity contribution in [3.05, 3.63) is 35.4 Å². The fourth-order valence-corrected chi connectivity index (χ4v) is 2.49. The third kappa shape index (κ3) is 2.61. The second-order valence-electron chi connectivity index (χ2n) is 4.90. The molecule has 1 amide bonds. The third-order valence-corrected chi connectivity index (χ3v) is 3.69. The first-order valence-electron chi connectivity index (χ1n) is 6.29. The summed E-state index contributed by atoms with van der Waals surface area (Å²) in [5, 5.41) is 18.3. The average molecular weight is 263 g/mol. The number of hydrogen-bond donors (Lipinski definition) is 2. The zero-order chi connectivity index (χ0) is 14.0. The van der Waals surface area contributed by atoms with Crippen molar-refractivity contribution in [3.8, 4) is 0 Å². The number of carboxylic acid groups (broad SMARTS) is 1. The fourth-order valence-electron chi connectivity index (χ4n) is 2.49. The Kier molecular flexibility index (Phi) is 3.85. The van der Waals surface area contributed by atoms with Crippen molar-refractivity contribution in [2.24, 2.45) is 5.92 Å². The molecule has 1 fully saturated rings. The Morgan fingerprint density at radius 1 is 1.37 bits per heavy atom. The largest absolute Gasteiger partial charge is 0.478 e. The molecule has 5 nitrogen and oxygen atoms in total. The van der Waals surface area contributed by atoms with Crippen molar-refractivity contribution >= 4 is 11.9 Å². The molecule has 2 rings (SSSR count). The fraction of sp³-hybridized carbons (Fsp3) is 0.429. The zero-order valence-electron chi connectivity index (χ0n) is 10.7. The molecule has 102 valence electrons. The smallest absolute Gasteiger partial charge is 0.335 e. The van der Waals surface area contributed by atoms with Crippen LogP contribution in [0.25, 0.3) is 0 Å². The first-order valence-corrected chi connectivity index (χ1v) is 6.29. The molecular weight excluding hydrogens is 246 g/mol. The summed E-state index contributed by atoms with van der Waals surface area (Å²) < 4.78 is 0. The summed E-state index contributed by atoms with van der Waals surface area (Å²) in [6.45, 7) is 2.54. The number of amides is 1. The average Bonchev–Trinajstić information content (AvgIpc) is 2.79. The van der Waals surface area contributed by atoms with E-state index in [1.807, 2.05) is 6.92 Å². The van der Waals surface area contributed by atoms with E-state index < -0.39 is 5.97 Å². The predicted molar refractivity (Wildman–Crippen MR) is 69.1 cm³/mol. The molecule has 1 heterocycles. The Morgan fingerprint density at radius 3 is 2.68 bits per heavy atom. The number of benzene rings is 1. The van der Waals surface area contributed by atoms with Gasteiger partial charge in [-0.25, -0.2) is 4.79 Å². The van der Waals surface area contributed by atoms with E-state index in [0.29, 0.717) is 12.1 Å². The lowest BCUT2D eigenvalue weighted by Gasteiger charge is -2.25. The lowest BCUT2D eigenvalue weighted by atomic mass is 10.0. The van der Waals surface area contributed by atoms with Gasteiger partial charge in [0.05, 0.1) is 18.2 Å². The molecular formula is C14H17NO4. The molecule has 1 saturated heterocycles. The van der Waals surface area contributed by atoms with Gasteiger partial charge in [-0.05, 0) is 30.5 Å². The molecule has 2 N–H and O–H groups in total. The molecule has 0 saturated carbocycles. The molecule has 0 aliphatic carbocycles. The highest BCUT2D eigenvalue weighted by atomic mass is 16.4. The summed E-state index contributed by atoms with van der Waals surface area (Å²) in [6, 6.07) is 5.81. The van der Waals surface area contributed by atoms with Gasteiger partial charge in [0.1, 0.15) is 0 Å². The van der Waals surface area contributed by atoms with Gasteiger partial charge in [0.2, 0.25) is 0 Å². The van der Waals surface area contributed by atoms with Gasteiger partial charge in [-0.1, -0.05) is 13.0 Å². The molecule has 0 radical (unpaired) electrons. The minimum Gasteiger partial charge on any atom is -0.478 e. The summed E-state index contributed by atoms with van der Waals surface area (Å²) in [5.41, 5.74) is 0.450. The number of carboxylic acids is 1. The van der Waals surface area contributed by atoms with E-state index in [-0.39, 0.29) is 30.0 Å². The quantitative estimate of drug-likeness (QED) is 0.859. The van der Waals surface area contributed by atoms with Crippen molar-refractivity contribution in [1.82, 2.24) is 4.90 Å². The number of likely N-dealkylation sites (tertiary alicyclic amines) is 1. The van der Waals surface area contributed by atoms with Crippen molar-refractivity contribution < 1.29 is 19.8 Å². The van der Waals surface area contributed by atoms with Crippen LogP contribution >= 0.6 is 0 Å². The number of hydrogen-bond acceptors (Lipinski definition) is 3. The maximum Gasteiger partial charge on any atom is 0.335 e. The van der Waals surface area contributed by atoms with Crippen LogP contribution in [0, 0.1) is 5.92 Å². The number of nitrogens with zero attached hydrogens (tertiary/aromatic N) is 1. The van der Waals surface area contributed by atoms with Crippen LogP contribution in [-0.2, 0) is 0 Å². The predicted octanol–water partition coefficient (Wildman–Crippen LogP) is 1.23. The van der Waals surface area contributed by atoms with E-state index >= 15 is 0 Å². The highest BCUT2D eigenvalue weighted by Gasteiger charge is 2.34. The van der Waals surface area contributed by atoms with E-state index in [1.54, 1.807) is 17.0 Å². The molecule has 2 atom stereocenters. The Bertz CT molecular complexity index is 500. The van der Waals surface area contributed by atoms with Gasteiger partial charge in [-0.2, -0.15) is 0 Å². The SMILES string of the molecule is CC1CCN(C(=O)c2cccc(C(=O)O)c2)C1CO. The highest BCUT2D eigenvalue weighted by Crippen LogP contribution is 2.25. The zero-order valence-corrected chi connectivity index (χ0v) is 10.7. The first kappa shape index (κ1) is 13.5. The Balaban J connectivity index is 2.24. The summed E-state index contributed by atoms with van der Waals surface area (Å²) in [5.74, 6) is -1.01. The van der Waals surface area contributed by atoms with Crippen molar-refractivity contribution in [1.29, 1.82) is 0 Å². The highest BCUT2D eigenvalue weighted by molar-refractivity contribution is 5.97. The summed E-state index contributed by atoms with van der Waals surface area (Å²) in [4.78, 5) is 24.9. The van der Waals surface area contributed by atoms with Crippen LogP contribution in [0.3, 0.4) is 0 Å². The van der Waals surface area contributed by atoms with Crippen LogP contribution in [0.15, 0.2) is 24.3 Å². The number of rotatable bonds is 3. The van der Waals surface area contributed by atoms with Crippen LogP contribution in [-0.4, -0.2) is 46.2 Å². The first-order chi connectivity index (χ1) is 9.04. The van der Waals surface area contributed by atoms with Gasteiger partial charge in [0.15, 0.2) is 0 Å². The molecule has 2 unspecified atom stereocenters. The van der Waals surface area contributed by atoms with Crippen LogP contribution < -0.4 is 0 Å². The Hall–Kier alpha value is -1.88. The van der Waals surface area contributed by atoms with E-state index in [4.69, 9.17) is 5.11 Å². The van der Waals surface area contributed by atoms with Crippen molar-refractivity contribution in [2.75, 3.05) is 13.2 Å². The van der Waals surface area contributed by atoms with Crippen molar-refractivity contribution in [2.45, 2.75) is 19.4 Å².